The number of nitriles is 1. The molecule has 12 nitrogen and oxygen atoms in total. The Morgan fingerprint density at radius 3 is 2.71 bits per heavy atom. The molecule has 0 aliphatic carbocycles. The fourth-order valence-electron chi connectivity index (χ4n) is 6.00. The maximum atomic E-state index is 9.93. The highest BCUT2D eigenvalue weighted by Crippen LogP contribution is 2.36. The van der Waals surface area contributed by atoms with Crippen molar-refractivity contribution in [3.63, 3.8) is 0 Å². The normalized spacial score (nSPS) is 18.3. The third-order valence-electron chi connectivity index (χ3n) is 8.27. The first-order valence-corrected chi connectivity index (χ1v) is 15.9. The largest absolute Gasteiger partial charge is 0.475 e. The van der Waals surface area contributed by atoms with E-state index in [1.54, 1.807) is 4.68 Å². The topological polar surface area (TPSA) is 128 Å². The van der Waals surface area contributed by atoms with Gasteiger partial charge in [-0.3, -0.25) is 14.3 Å². The highest BCUT2D eigenvalue weighted by atomic mass is 16.5. The average molecular weight is 615 g/mol. The number of hydrogen-bond acceptors (Lipinski definition) is 9. The number of rotatable bonds is 7. The van der Waals surface area contributed by atoms with Crippen molar-refractivity contribution in [2.75, 3.05) is 26.4 Å². The van der Waals surface area contributed by atoms with Gasteiger partial charge in [0.2, 0.25) is 11.8 Å². The number of aliphatic hydroxyl groups is 1. The van der Waals surface area contributed by atoms with Gasteiger partial charge in [0.05, 0.1) is 53.4 Å². The zero-order chi connectivity index (χ0) is 31.5. The fourth-order valence-corrected chi connectivity index (χ4v) is 6.00. The van der Waals surface area contributed by atoms with Crippen LogP contribution in [0.1, 0.15) is 70.1 Å². The molecule has 0 radical (unpaired) electrons. The highest BCUT2D eigenvalue weighted by molar-refractivity contribution is 5.93. The molecule has 0 spiro atoms. The van der Waals surface area contributed by atoms with Crippen LogP contribution >= 0.6 is 0 Å². The zero-order valence-electron chi connectivity index (χ0n) is 26.5. The Hall–Kier alpha value is -4.18. The second-order valence-electron chi connectivity index (χ2n) is 12.1. The Bertz CT molecular complexity index is 1700. The minimum absolute atomic E-state index is 0.0446. The first kappa shape index (κ1) is 30.8. The van der Waals surface area contributed by atoms with Gasteiger partial charge in [-0.1, -0.05) is 6.07 Å². The zero-order valence-corrected chi connectivity index (χ0v) is 26.5. The second kappa shape index (κ2) is 13.4. The molecule has 1 atom stereocenters. The monoisotopic (exact) mass is 614 g/mol. The first-order valence-electron chi connectivity index (χ1n) is 15.9. The molecule has 4 aromatic rings. The van der Waals surface area contributed by atoms with Gasteiger partial charge >= 0.3 is 0 Å². The predicted molar refractivity (Wildman–Crippen MR) is 170 cm³/mol. The summed E-state index contributed by atoms with van der Waals surface area (Å²) in [6.07, 6.45) is 8.76. The molecule has 1 aromatic carbocycles. The van der Waals surface area contributed by atoms with Gasteiger partial charge in [0.15, 0.2) is 6.23 Å². The lowest BCUT2D eigenvalue weighted by atomic mass is 10.0. The van der Waals surface area contributed by atoms with Crippen LogP contribution in [0.5, 0.6) is 11.8 Å². The molecule has 1 saturated heterocycles. The van der Waals surface area contributed by atoms with E-state index in [2.05, 4.69) is 48.1 Å². The fraction of sp³-hybridized carbons (Fsp3) is 0.515. The van der Waals surface area contributed by atoms with Crippen molar-refractivity contribution in [3.8, 4) is 29.0 Å². The Balaban J connectivity index is 1.55. The van der Waals surface area contributed by atoms with E-state index in [-0.39, 0.29) is 31.5 Å². The van der Waals surface area contributed by atoms with E-state index in [9.17, 15) is 10.4 Å². The Labute approximate surface area is 263 Å². The molecular weight excluding hydrogens is 572 g/mol. The first-order chi connectivity index (χ1) is 21.9. The second-order valence-corrected chi connectivity index (χ2v) is 12.1. The number of fused-ring (bicyclic) bond motifs is 4. The van der Waals surface area contributed by atoms with Crippen LogP contribution in [0, 0.1) is 11.3 Å². The molecule has 1 N–H and O–H groups in total. The van der Waals surface area contributed by atoms with E-state index < -0.39 is 0 Å². The Morgan fingerprint density at radius 2 is 1.98 bits per heavy atom. The molecule has 2 aliphatic heterocycles. The predicted octanol–water partition coefficient (Wildman–Crippen LogP) is 4.87. The number of aromatic nitrogens is 6. The van der Waals surface area contributed by atoms with Gasteiger partial charge in [-0.05, 0) is 76.8 Å². The summed E-state index contributed by atoms with van der Waals surface area (Å²) in [4.78, 5) is 2.31. The molecule has 45 heavy (non-hydrogen) atoms. The average Bonchev–Trinajstić information content (AvgIpc) is 3.69. The summed E-state index contributed by atoms with van der Waals surface area (Å²) in [5, 5.41) is 34.8. The third-order valence-corrected chi connectivity index (χ3v) is 8.27. The standard InChI is InChI=1S/C33H42N8O4/c1-22(2)38-15-18-44-32-27(20-39(36-32)13-12-34)24-8-11-29-26(19-24)28(35-41(29)31-7-5-6-17-43-31)10-9-25-30(21-38)40(14-16-42)37-33(25)45-23(3)4/h8-11,19-20,22-23,31,42H,5-7,13-18,21H2,1-4H3/b10-9-. The molecule has 3 aromatic heterocycles. The highest BCUT2D eigenvalue weighted by Gasteiger charge is 2.25. The van der Waals surface area contributed by atoms with Crippen molar-refractivity contribution in [1.82, 2.24) is 34.2 Å². The number of ether oxygens (including phenoxy) is 3. The SMILES string of the molecule is CC(C)Oc1nn(CCO)c2c1/C=C\c1nn(C3CCCCO3)c3ccc(cc13)-c1cn(CC#N)nc1OCCN(C(C)C)C2. The van der Waals surface area contributed by atoms with Gasteiger partial charge in [0.25, 0.3) is 0 Å². The van der Waals surface area contributed by atoms with E-state index in [0.717, 1.165) is 58.2 Å². The van der Waals surface area contributed by atoms with E-state index in [0.29, 0.717) is 44.6 Å². The maximum absolute atomic E-state index is 9.93. The molecule has 0 amide bonds. The summed E-state index contributed by atoms with van der Waals surface area (Å²) >= 11 is 0. The third kappa shape index (κ3) is 6.47. The van der Waals surface area contributed by atoms with Gasteiger partial charge in [-0.2, -0.15) is 10.4 Å². The van der Waals surface area contributed by atoms with Gasteiger partial charge < -0.3 is 19.3 Å². The smallest absolute Gasteiger partial charge is 0.240 e. The molecule has 0 saturated carbocycles. The van der Waals surface area contributed by atoms with Gasteiger partial charge in [0.1, 0.15) is 13.2 Å². The summed E-state index contributed by atoms with van der Waals surface area (Å²) in [5.74, 6) is 1.02. The van der Waals surface area contributed by atoms with Crippen molar-refractivity contribution in [1.29, 1.82) is 5.26 Å². The summed E-state index contributed by atoms with van der Waals surface area (Å²) in [6.45, 7) is 11.0. The number of benzene rings is 1. The lowest BCUT2D eigenvalue weighted by molar-refractivity contribution is -0.0367. The van der Waals surface area contributed by atoms with Crippen molar-refractivity contribution in [2.45, 2.75) is 85.0 Å². The van der Waals surface area contributed by atoms with Crippen LogP contribution < -0.4 is 9.47 Å². The molecular formula is C33H42N8O4. The van der Waals surface area contributed by atoms with Gasteiger partial charge in [-0.25, -0.2) is 4.68 Å². The van der Waals surface area contributed by atoms with E-state index >= 15 is 0 Å². The number of nitrogens with zero attached hydrogens (tertiary/aromatic N) is 8. The van der Waals surface area contributed by atoms with Crippen molar-refractivity contribution in [2.24, 2.45) is 0 Å². The minimum Gasteiger partial charge on any atom is -0.475 e. The number of aliphatic hydroxyl groups excluding tert-OH is 1. The summed E-state index contributed by atoms with van der Waals surface area (Å²) in [6, 6.07) is 8.63. The molecule has 6 rings (SSSR count). The Morgan fingerprint density at radius 1 is 1.11 bits per heavy atom. The summed E-state index contributed by atoms with van der Waals surface area (Å²) < 4.78 is 24.2. The van der Waals surface area contributed by atoms with E-state index in [1.807, 2.05) is 41.6 Å². The van der Waals surface area contributed by atoms with Gasteiger partial charge in [-0.15, -0.1) is 10.2 Å². The lowest BCUT2D eigenvalue weighted by Crippen LogP contribution is -2.35. The van der Waals surface area contributed by atoms with E-state index in [4.69, 9.17) is 24.4 Å². The molecule has 2 bridgehead atoms. The molecule has 238 valence electrons. The van der Waals surface area contributed by atoms with Crippen molar-refractivity contribution in [3.05, 3.63) is 41.3 Å². The van der Waals surface area contributed by atoms with Crippen LogP contribution in [0.25, 0.3) is 34.2 Å². The van der Waals surface area contributed by atoms with Crippen LogP contribution in [0.3, 0.4) is 0 Å². The minimum atomic E-state index is -0.139. The van der Waals surface area contributed by atoms with Crippen molar-refractivity contribution >= 4 is 23.1 Å². The molecule has 5 heterocycles. The summed E-state index contributed by atoms with van der Waals surface area (Å²) in [7, 11) is 0. The lowest BCUT2D eigenvalue weighted by Gasteiger charge is -2.27. The summed E-state index contributed by atoms with van der Waals surface area (Å²) in [5.41, 5.74) is 5.32. The van der Waals surface area contributed by atoms with Crippen LogP contribution in [-0.4, -0.2) is 77.9 Å². The molecule has 1 unspecified atom stereocenters. The molecule has 12 heteroatoms. The van der Waals surface area contributed by atoms with Gasteiger partial charge in [0, 0.05) is 37.3 Å². The number of hydrogen-bond donors (Lipinski definition) is 1. The van der Waals surface area contributed by atoms with Crippen LogP contribution in [0.4, 0.5) is 0 Å². The van der Waals surface area contributed by atoms with Crippen molar-refractivity contribution < 1.29 is 19.3 Å². The Kier molecular flexibility index (Phi) is 9.21. The van der Waals surface area contributed by atoms with Crippen LogP contribution in [0.15, 0.2) is 24.4 Å². The van der Waals surface area contributed by atoms with E-state index in [1.165, 1.54) is 0 Å². The van der Waals surface area contributed by atoms with Crippen LogP contribution in [0.2, 0.25) is 0 Å². The van der Waals surface area contributed by atoms with Crippen LogP contribution in [-0.2, 0) is 24.4 Å². The quantitative estimate of drug-likeness (QED) is 0.310. The molecule has 1 fully saturated rings. The maximum Gasteiger partial charge on any atom is 0.240 e. The molecule has 2 aliphatic rings.